The van der Waals surface area contributed by atoms with Gasteiger partial charge < -0.3 is 4.74 Å². The van der Waals surface area contributed by atoms with Crippen LogP contribution in [0.3, 0.4) is 0 Å². The average molecular weight is 253 g/mol. The van der Waals surface area contributed by atoms with Crippen LogP contribution in [-0.2, 0) is 4.79 Å². The highest BCUT2D eigenvalue weighted by Crippen LogP contribution is 2.30. The highest BCUT2D eigenvalue weighted by molar-refractivity contribution is 5.98. The van der Waals surface area contributed by atoms with E-state index in [-0.39, 0.29) is 17.0 Å². The Balaban J connectivity index is 3.08. The van der Waals surface area contributed by atoms with Crippen LogP contribution in [0, 0.1) is 10.1 Å². The van der Waals surface area contributed by atoms with E-state index in [4.69, 9.17) is 4.74 Å². The van der Waals surface area contributed by atoms with Crippen LogP contribution in [0.15, 0.2) is 18.2 Å². The molecule has 8 heteroatoms. The first-order chi connectivity index (χ1) is 8.47. The van der Waals surface area contributed by atoms with Crippen molar-refractivity contribution in [3.05, 3.63) is 33.9 Å². The second-order valence-corrected chi connectivity index (χ2v) is 3.25. The second kappa shape index (κ2) is 5.62. The number of nitro benzene ring substituents is 1. The van der Waals surface area contributed by atoms with E-state index in [0.717, 1.165) is 0 Å². The number of hydrogen-bond acceptors (Lipinski definition) is 5. The van der Waals surface area contributed by atoms with Crippen LogP contribution < -0.4 is 15.6 Å². The minimum Gasteiger partial charge on any atom is -0.490 e. The maximum atomic E-state index is 11.7. The van der Waals surface area contributed by atoms with Crippen LogP contribution in [0.1, 0.15) is 17.3 Å². The first kappa shape index (κ1) is 13.4. The smallest absolute Gasteiger partial charge is 0.311 e. The average Bonchev–Trinajstić information content (AvgIpc) is 2.34. The molecule has 0 saturated heterocycles. The van der Waals surface area contributed by atoms with Gasteiger partial charge in [0.05, 0.1) is 17.6 Å². The van der Waals surface area contributed by atoms with Crippen molar-refractivity contribution in [2.75, 3.05) is 7.11 Å². The molecular weight excluding hydrogens is 242 g/mol. The van der Waals surface area contributed by atoms with Crippen LogP contribution in [0.2, 0.25) is 0 Å². The van der Waals surface area contributed by atoms with Crippen LogP contribution in [0.25, 0.3) is 0 Å². The Bertz CT molecular complexity index is 500. The molecule has 0 atom stereocenters. The number of carbonyl (C=O) groups excluding carboxylic acids is 2. The van der Waals surface area contributed by atoms with Gasteiger partial charge in [0.15, 0.2) is 0 Å². The molecule has 0 radical (unpaired) electrons. The van der Waals surface area contributed by atoms with Gasteiger partial charge in [0.2, 0.25) is 11.7 Å². The van der Waals surface area contributed by atoms with Gasteiger partial charge in [-0.25, -0.2) is 0 Å². The summed E-state index contributed by atoms with van der Waals surface area (Å²) in [6, 6.07) is 3.92. The minimum absolute atomic E-state index is 0.0412. The largest absolute Gasteiger partial charge is 0.490 e. The van der Waals surface area contributed by atoms with Crippen molar-refractivity contribution in [2.45, 2.75) is 6.92 Å². The molecule has 8 nitrogen and oxygen atoms in total. The maximum absolute atomic E-state index is 11.7. The fourth-order valence-corrected chi connectivity index (χ4v) is 1.27. The van der Waals surface area contributed by atoms with Crippen molar-refractivity contribution in [1.82, 2.24) is 10.9 Å². The lowest BCUT2D eigenvalue weighted by Crippen LogP contribution is -2.40. The van der Waals surface area contributed by atoms with Crippen molar-refractivity contribution in [1.29, 1.82) is 0 Å². The zero-order chi connectivity index (χ0) is 13.7. The summed E-state index contributed by atoms with van der Waals surface area (Å²) in [6.45, 7) is 1.21. The van der Waals surface area contributed by atoms with E-state index in [1.165, 1.54) is 32.2 Å². The number of rotatable bonds is 3. The van der Waals surface area contributed by atoms with Gasteiger partial charge in [-0.15, -0.1) is 0 Å². The third-order valence-electron chi connectivity index (χ3n) is 1.99. The SMILES string of the molecule is COc1c(C(=O)NNC(C)=O)cccc1[N+](=O)[O-]. The van der Waals surface area contributed by atoms with Gasteiger partial charge >= 0.3 is 5.69 Å². The molecule has 0 bridgehead atoms. The lowest BCUT2D eigenvalue weighted by molar-refractivity contribution is -0.385. The number of benzene rings is 1. The molecule has 18 heavy (non-hydrogen) atoms. The van der Waals surface area contributed by atoms with Crippen molar-refractivity contribution in [3.8, 4) is 5.75 Å². The van der Waals surface area contributed by atoms with E-state index < -0.39 is 16.7 Å². The third-order valence-corrected chi connectivity index (χ3v) is 1.99. The fraction of sp³-hybridized carbons (Fsp3) is 0.200. The van der Waals surface area contributed by atoms with E-state index >= 15 is 0 Å². The molecule has 1 aromatic rings. The summed E-state index contributed by atoms with van der Waals surface area (Å²) in [5.74, 6) is -1.33. The Hall–Kier alpha value is -2.64. The number of hydrazine groups is 1. The molecule has 0 aliphatic rings. The van der Waals surface area contributed by atoms with Crippen molar-refractivity contribution in [3.63, 3.8) is 0 Å². The van der Waals surface area contributed by atoms with E-state index in [1.54, 1.807) is 0 Å². The molecule has 96 valence electrons. The maximum Gasteiger partial charge on any atom is 0.311 e. The molecule has 0 aliphatic heterocycles. The molecule has 0 aromatic heterocycles. The Morgan fingerprint density at radius 3 is 2.50 bits per heavy atom. The summed E-state index contributed by atoms with van der Waals surface area (Å²) in [4.78, 5) is 32.4. The normalized spacial score (nSPS) is 9.44. The van der Waals surface area contributed by atoms with Crippen LogP contribution in [0.5, 0.6) is 5.75 Å². The Kier molecular flexibility index (Phi) is 4.19. The number of nitrogens with zero attached hydrogens (tertiary/aromatic N) is 1. The number of para-hydroxylation sites is 1. The van der Waals surface area contributed by atoms with Gasteiger partial charge in [0, 0.05) is 13.0 Å². The standard InChI is InChI=1S/C10H11N3O5/c1-6(14)11-12-10(15)7-4-3-5-8(13(16)17)9(7)18-2/h3-5H,1-2H3,(H,11,14)(H,12,15). The van der Waals surface area contributed by atoms with Crippen molar-refractivity contribution >= 4 is 17.5 Å². The molecule has 0 heterocycles. The summed E-state index contributed by atoms with van der Waals surface area (Å²) in [6.07, 6.45) is 0. The summed E-state index contributed by atoms with van der Waals surface area (Å²) in [7, 11) is 1.22. The zero-order valence-corrected chi connectivity index (χ0v) is 9.72. The number of nitro groups is 1. The predicted octanol–water partition coefficient (Wildman–Crippen LogP) is 0.384. The van der Waals surface area contributed by atoms with Gasteiger partial charge in [-0.1, -0.05) is 6.07 Å². The zero-order valence-electron chi connectivity index (χ0n) is 9.72. The molecule has 2 amide bonds. The first-order valence-corrected chi connectivity index (χ1v) is 4.85. The lowest BCUT2D eigenvalue weighted by atomic mass is 10.1. The van der Waals surface area contributed by atoms with Gasteiger partial charge in [-0.2, -0.15) is 0 Å². The Morgan fingerprint density at radius 1 is 1.33 bits per heavy atom. The minimum atomic E-state index is -0.703. The molecule has 1 rings (SSSR count). The predicted molar refractivity (Wildman–Crippen MR) is 60.9 cm³/mol. The first-order valence-electron chi connectivity index (χ1n) is 4.85. The van der Waals surface area contributed by atoms with E-state index in [1.807, 2.05) is 0 Å². The summed E-state index contributed by atoms with van der Waals surface area (Å²) >= 11 is 0. The lowest BCUT2D eigenvalue weighted by Gasteiger charge is -2.09. The van der Waals surface area contributed by atoms with Crippen molar-refractivity contribution in [2.24, 2.45) is 0 Å². The number of carbonyl (C=O) groups is 2. The molecule has 0 aliphatic carbocycles. The highest BCUT2D eigenvalue weighted by Gasteiger charge is 2.22. The topological polar surface area (TPSA) is 111 Å². The number of hydrogen-bond donors (Lipinski definition) is 2. The van der Waals surface area contributed by atoms with Crippen LogP contribution in [-0.4, -0.2) is 23.8 Å². The summed E-state index contributed by atoms with van der Waals surface area (Å²) < 4.78 is 4.85. The van der Waals surface area contributed by atoms with Gasteiger partial charge in [-0.3, -0.25) is 30.6 Å². The molecule has 0 unspecified atom stereocenters. The highest BCUT2D eigenvalue weighted by atomic mass is 16.6. The quantitative estimate of drug-likeness (QED) is 0.597. The fourth-order valence-electron chi connectivity index (χ4n) is 1.27. The third kappa shape index (κ3) is 2.94. The molecule has 0 spiro atoms. The number of methoxy groups -OCH3 is 1. The molecule has 0 saturated carbocycles. The van der Waals surface area contributed by atoms with Gasteiger partial charge in [0.25, 0.3) is 5.91 Å². The number of amides is 2. The number of nitrogens with one attached hydrogen (secondary N) is 2. The monoisotopic (exact) mass is 253 g/mol. The Labute approximate surface area is 102 Å². The van der Waals surface area contributed by atoms with Gasteiger partial charge in [0.1, 0.15) is 0 Å². The molecule has 2 N–H and O–H groups in total. The summed E-state index contributed by atoms with van der Waals surface area (Å²) in [5.41, 5.74) is 3.81. The van der Waals surface area contributed by atoms with Crippen LogP contribution in [0.4, 0.5) is 5.69 Å². The number of ether oxygens (including phenoxy) is 1. The van der Waals surface area contributed by atoms with Gasteiger partial charge in [-0.05, 0) is 6.07 Å². The molecular formula is C10H11N3O5. The summed E-state index contributed by atoms with van der Waals surface area (Å²) in [5, 5.41) is 10.7. The van der Waals surface area contributed by atoms with E-state index in [9.17, 15) is 19.7 Å². The molecule has 1 aromatic carbocycles. The van der Waals surface area contributed by atoms with Crippen LogP contribution >= 0.6 is 0 Å². The van der Waals surface area contributed by atoms with Crippen molar-refractivity contribution < 1.29 is 19.2 Å². The molecule has 0 fully saturated rings. The Morgan fingerprint density at radius 2 is 2.00 bits per heavy atom. The second-order valence-electron chi connectivity index (χ2n) is 3.25. The van der Waals surface area contributed by atoms with E-state index in [0.29, 0.717) is 0 Å². The van der Waals surface area contributed by atoms with E-state index in [2.05, 4.69) is 10.9 Å².